The molecule has 0 saturated carbocycles. The summed E-state index contributed by atoms with van der Waals surface area (Å²) >= 11 is 0. The first-order valence-corrected chi connectivity index (χ1v) is 6.64. The Bertz CT molecular complexity index is 463. The van der Waals surface area contributed by atoms with Gasteiger partial charge in [0.1, 0.15) is 0 Å². The van der Waals surface area contributed by atoms with Gasteiger partial charge in [-0.2, -0.15) is 0 Å². The van der Waals surface area contributed by atoms with Crippen LogP contribution in [-0.4, -0.2) is 12.1 Å². The second kappa shape index (κ2) is 8.99. The van der Waals surface area contributed by atoms with Crippen molar-refractivity contribution in [2.45, 2.75) is 39.2 Å². The fourth-order valence-corrected chi connectivity index (χ4v) is 1.45. The largest absolute Gasteiger partial charge is 0.446 e. The summed E-state index contributed by atoms with van der Waals surface area (Å²) < 4.78 is 5.15. The third-order valence-corrected chi connectivity index (χ3v) is 2.47. The third-order valence-electron chi connectivity index (χ3n) is 2.47. The monoisotopic (exact) mass is 256 g/mol. The maximum absolute atomic E-state index is 11.5. The molecule has 0 amide bonds. The number of carbonyl (C=O) groups is 1. The van der Waals surface area contributed by atoms with Gasteiger partial charge in [0.15, 0.2) is 6.10 Å². The predicted molar refractivity (Wildman–Crippen MR) is 78.3 cm³/mol. The molecule has 1 unspecified atom stereocenters. The minimum atomic E-state index is -0.360. The van der Waals surface area contributed by atoms with Crippen molar-refractivity contribution in [2.75, 3.05) is 0 Å². The molecule has 0 N–H and O–H groups in total. The number of hydrogen-bond acceptors (Lipinski definition) is 2. The quantitative estimate of drug-likeness (QED) is 0.346. The summed E-state index contributed by atoms with van der Waals surface area (Å²) in [6.07, 6.45) is 5.88. The van der Waals surface area contributed by atoms with E-state index in [9.17, 15) is 4.79 Å². The average molecular weight is 256 g/mol. The molecule has 0 radical (unpaired) electrons. The van der Waals surface area contributed by atoms with E-state index in [1.165, 1.54) is 6.08 Å². The normalized spacial score (nSPS) is 11.7. The van der Waals surface area contributed by atoms with Crippen LogP contribution in [0.1, 0.15) is 38.7 Å². The Labute approximate surface area is 115 Å². The van der Waals surface area contributed by atoms with Gasteiger partial charge in [-0.1, -0.05) is 55.5 Å². The molecule has 1 rings (SSSR count). The highest BCUT2D eigenvalue weighted by molar-refractivity contribution is 5.87. The Kier molecular flexibility index (Phi) is 7.12. The molecule has 1 aromatic carbocycles. The average Bonchev–Trinajstić information content (AvgIpc) is 2.42. The highest BCUT2D eigenvalue weighted by Crippen LogP contribution is 2.02. The van der Waals surface area contributed by atoms with E-state index in [0.717, 1.165) is 24.8 Å². The van der Waals surface area contributed by atoms with Gasteiger partial charge in [0.25, 0.3) is 0 Å². The smallest absolute Gasteiger partial charge is 0.331 e. The van der Waals surface area contributed by atoms with Crippen molar-refractivity contribution in [3.05, 3.63) is 42.0 Å². The molecule has 0 heterocycles. The lowest BCUT2D eigenvalue weighted by Gasteiger charge is -2.03. The van der Waals surface area contributed by atoms with E-state index in [-0.39, 0.29) is 12.1 Å². The molecule has 0 aliphatic rings. The lowest BCUT2D eigenvalue weighted by Crippen LogP contribution is -2.10. The molecule has 2 nitrogen and oxygen atoms in total. The third kappa shape index (κ3) is 7.10. The number of rotatable bonds is 5. The van der Waals surface area contributed by atoms with E-state index in [1.807, 2.05) is 30.3 Å². The Morgan fingerprint density at radius 2 is 2.11 bits per heavy atom. The minimum Gasteiger partial charge on any atom is -0.446 e. The van der Waals surface area contributed by atoms with Crippen molar-refractivity contribution in [1.82, 2.24) is 0 Å². The van der Waals surface area contributed by atoms with Crippen LogP contribution in [0.5, 0.6) is 0 Å². The van der Waals surface area contributed by atoms with Crippen LogP contribution in [0.25, 0.3) is 6.08 Å². The van der Waals surface area contributed by atoms with Gasteiger partial charge < -0.3 is 4.74 Å². The van der Waals surface area contributed by atoms with Crippen LogP contribution in [0.15, 0.2) is 36.4 Å². The molecule has 0 spiro atoms. The zero-order valence-corrected chi connectivity index (χ0v) is 11.6. The van der Waals surface area contributed by atoms with Crippen molar-refractivity contribution in [1.29, 1.82) is 0 Å². The van der Waals surface area contributed by atoms with Crippen molar-refractivity contribution >= 4 is 12.0 Å². The second-order valence-corrected chi connectivity index (χ2v) is 4.25. The number of carbonyl (C=O) groups excluding carboxylic acids is 1. The molecule has 0 bridgehead atoms. The van der Waals surface area contributed by atoms with Gasteiger partial charge in [-0.25, -0.2) is 4.79 Å². The molecular weight excluding hydrogens is 236 g/mol. The van der Waals surface area contributed by atoms with Gasteiger partial charge in [-0.05, 0) is 25.0 Å². The van der Waals surface area contributed by atoms with Gasteiger partial charge in [0.2, 0.25) is 0 Å². The minimum absolute atomic E-state index is 0.357. The lowest BCUT2D eigenvalue weighted by molar-refractivity contribution is -0.139. The Hall–Kier alpha value is -2.01. The molecule has 2 heteroatoms. The zero-order chi connectivity index (χ0) is 13.9. The summed E-state index contributed by atoms with van der Waals surface area (Å²) in [5.41, 5.74) is 0.973. The molecule has 1 atom stereocenters. The van der Waals surface area contributed by atoms with Gasteiger partial charge >= 0.3 is 5.97 Å². The summed E-state index contributed by atoms with van der Waals surface area (Å²) in [7, 11) is 0. The molecule has 100 valence electrons. The number of esters is 1. The summed E-state index contributed by atoms with van der Waals surface area (Å²) in [6.45, 7) is 3.91. The standard InChI is InChI=1S/C17H20O2/c1-3-4-5-7-10-15(2)19-17(18)14-13-16-11-8-6-9-12-16/h6,8-9,11-15H,3-5H2,1-2H3/b14-13+. The van der Waals surface area contributed by atoms with Crippen molar-refractivity contribution in [3.63, 3.8) is 0 Å². The van der Waals surface area contributed by atoms with E-state index >= 15 is 0 Å². The molecule has 0 aromatic heterocycles. The number of unbranched alkanes of at least 4 members (excludes halogenated alkanes) is 2. The Morgan fingerprint density at radius 3 is 2.79 bits per heavy atom. The molecule has 0 aliphatic carbocycles. The van der Waals surface area contributed by atoms with Crippen LogP contribution >= 0.6 is 0 Å². The molecule has 0 fully saturated rings. The number of ether oxygens (including phenoxy) is 1. The van der Waals surface area contributed by atoms with E-state index in [1.54, 1.807) is 13.0 Å². The van der Waals surface area contributed by atoms with Crippen molar-refractivity contribution < 1.29 is 9.53 Å². The van der Waals surface area contributed by atoms with Gasteiger partial charge in [0.05, 0.1) is 0 Å². The summed E-state index contributed by atoms with van der Waals surface area (Å²) in [5.74, 6) is 5.57. The van der Waals surface area contributed by atoms with Crippen molar-refractivity contribution in [3.8, 4) is 11.8 Å². The topological polar surface area (TPSA) is 26.3 Å². The summed E-state index contributed by atoms with van der Waals surface area (Å²) in [5, 5.41) is 0. The maximum Gasteiger partial charge on any atom is 0.331 e. The van der Waals surface area contributed by atoms with Crippen molar-refractivity contribution in [2.24, 2.45) is 0 Å². The first-order valence-electron chi connectivity index (χ1n) is 6.64. The Morgan fingerprint density at radius 1 is 1.37 bits per heavy atom. The molecule has 0 aliphatic heterocycles. The maximum atomic E-state index is 11.5. The first-order chi connectivity index (χ1) is 9.22. The van der Waals surface area contributed by atoms with Crippen LogP contribution in [0, 0.1) is 11.8 Å². The predicted octanol–water partition coefficient (Wildman–Crippen LogP) is 3.83. The molecule has 0 saturated heterocycles. The van der Waals surface area contributed by atoms with Crippen LogP contribution in [0.2, 0.25) is 0 Å². The van der Waals surface area contributed by atoms with E-state index in [0.29, 0.717) is 0 Å². The van der Waals surface area contributed by atoms with Gasteiger partial charge in [-0.3, -0.25) is 0 Å². The highest BCUT2D eigenvalue weighted by Gasteiger charge is 2.02. The first kappa shape index (κ1) is 15.0. The zero-order valence-electron chi connectivity index (χ0n) is 11.6. The SMILES string of the molecule is CCCCC#CC(C)OC(=O)/C=C/c1ccccc1. The van der Waals surface area contributed by atoms with Crippen LogP contribution < -0.4 is 0 Å². The number of hydrogen-bond donors (Lipinski definition) is 0. The summed E-state index contributed by atoms with van der Waals surface area (Å²) in [6, 6.07) is 9.64. The lowest BCUT2D eigenvalue weighted by atomic mass is 10.2. The van der Waals surface area contributed by atoms with Crippen LogP contribution in [-0.2, 0) is 9.53 Å². The van der Waals surface area contributed by atoms with E-state index in [4.69, 9.17) is 4.74 Å². The highest BCUT2D eigenvalue weighted by atomic mass is 16.5. The van der Waals surface area contributed by atoms with E-state index < -0.39 is 0 Å². The number of benzene rings is 1. The molecule has 19 heavy (non-hydrogen) atoms. The van der Waals surface area contributed by atoms with E-state index in [2.05, 4.69) is 18.8 Å². The second-order valence-electron chi connectivity index (χ2n) is 4.25. The van der Waals surface area contributed by atoms with Crippen LogP contribution in [0.4, 0.5) is 0 Å². The van der Waals surface area contributed by atoms with Crippen LogP contribution in [0.3, 0.4) is 0 Å². The fraction of sp³-hybridized carbons (Fsp3) is 0.353. The molecular formula is C17H20O2. The molecule has 1 aromatic rings. The Balaban J connectivity index is 2.38. The van der Waals surface area contributed by atoms with Gasteiger partial charge in [0, 0.05) is 12.5 Å². The summed E-state index contributed by atoms with van der Waals surface area (Å²) in [4.78, 5) is 11.5. The fourth-order valence-electron chi connectivity index (χ4n) is 1.45. The van der Waals surface area contributed by atoms with Gasteiger partial charge in [-0.15, -0.1) is 0 Å².